The van der Waals surface area contributed by atoms with E-state index in [1.165, 1.54) is 17.7 Å². The standard InChI is InChI=1S/C25H25FN2O/c26-22-13-11-21(12-14-22)25(29)28(23-9-5-2-6-10-23)24-15-17-27(18-16-24)19-20-7-3-1-4-8-20/h1-14,24H,15-19H2. The van der Waals surface area contributed by atoms with Gasteiger partial charge in [0.1, 0.15) is 5.82 Å². The Morgan fingerprint density at radius 2 is 1.45 bits per heavy atom. The molecule has 29 heavy (non-hydrogen) atoms. The number of halogens is 1. The smallest absolute Gasteiger partial charge is 0.258 e. The van der Waals surface area contributed by atoms with Gasteiger partial charge in [-0.25, -0.2) is 4.39 Å². The van der Waals surface area contributed by atoms with Gasteiger partial charge in [-0.3, -0.25) is 9.69 Å². The molecule has 0 atom stereocenters. The quantitative estimate of drug-likeness (QED) is 0.604. The Bertz CT molecular complexity index is 920. The van der Waals surface area contributed by atoms with E-state index in [4.69, 9.17) is 0 Å². The molecule has 1 heterocycles. The summed E-state index contributed by atoms with van der Waals surface area (Å²) in [4.78, 5) is 17.7. The van der Waals surface area contributed by atoms with Crippen LogP contribution in [-0.4, -0.2) is 29.9 Å². The first-order valence-electron chi connectivity index (χ1n) is 10.1. The largest absolute Gasteiger partial charge is 0.305 e. The normalized spacial score (nSPS) is 15.2. The van der Waals surface area contributed by atoms with Gasteiger partial charge in [-0.05, 0) is 54.8 Å². The third-order valence-corrected chi connectivity index (χ3v) is 5.52. The van der Waals surface area contributed by atoms with Crippen LogP contribution in [0, 0.1) is 5.82 Å². The molecule has 148 valence electrons. The van der Waals surface area contributed by atoms with E-state index in [1.54, 1.807) is 12.1 Å². The lowest BCUT2D eigenvalue weighted by Crippen LogP contribution is -2.47. The minimum atomic E-state index is -0.331. The van der Waals surface area contributed by atoms with Gasteiger partial charge < -0.3 is 4.90 Å². The van der Waals surface area contributed by atoms with Crippen molar-refractivity contribution in [3.8, 4) is 0 Å². The summed E-state index contributed by atoms with van der Waals surface area (Å²) in [6.45, 7) is 2.82. The molecule has 0 bridgehead atoms. The van der Waals surface area contributed by atoms with Gasteiger partial charge in [0.25, 0.3) is 5.91 Å². The molecule has 0 N–H and O–H groups in total. The molecule has 1 fully saturated rings. The molecular formula is C25H25FN2O. The van der Waals surface area contributed by atoms with Crippen molar-refractivity contribution in [3.63, 3.8) is 0 Å². The highest BCUT2D eigenvalue weighted by atomic mass is 19.1. The summed E-state index contributed by atoms with van der Waals surface area (Å²) in [5, 5.41) is 0. The van der Waals surface area contributed by atoms with Crippen LogP contribution in [0.25, 0.3) is 0 Å². The molecule has 3 nitrogen and oxygen atoms in total. The van der Waals surface area contributed by atoms with Crippen molar-refractivity contribution in [2.24, 2.45) is 0 Å². The number of hydrogen-bond acceptors (Lipinski definition) is 2. The Balaban J connectivity index is 1.50. The molecule has 3 aromatic carbocycles. The Morgan fingerprint density at radius 3 is 2.07 bits per heavy atom. The van der Waals surface area contributed by atoms with Crippen LogP contribution in [0.1, 0.15) is 28.8 Å². The van der Waals surface area contributed by atoms with E-state index in [2.05, 4.69) is 29.2 Å². The monoisotopic (exact) mass is 388 g/mol. The third kappa shape index (κ3) is 4.72. The first kappa shape index (κ1) is 19.3. The first-order valence-corrected chi connectivity index (χ1v) is 10.1. The molecule has 4 heteroatoms. The van der Waals surface area contributed by atoms with E-state index in [9.17, 15) is 9.18 Å². The zero-order valence-electron chi connectivity index (χ0n) is 16.4. The van der Waals surface area contributed by atoms with Crippen molar-refractivity contribution in [2.75, 3.05) is 18.0 Å². The van der Waals surface area contributed by atoms with Crippen LogP contribution in [0.3, 0.4) is 0 Å². The fourth-order valence-corrected chi connectivity index (χ4v) is 3.99. The van der Waals surface area contributed by atoms with Gasteiger partial charge >= 0.3 is 0 Å². The predicted octanol–water partition coefficient (Wildman–Crippen LogP) is 5.14. The number of likely N-dealkylation sites (tertiary alicyclic amines) is 1. The van der Waals surface area contributed by atoms with E-state index in [-0.39, 0.29) is 17.8 Å². The van der Waals surface area contributed by atoms with Crippen LogP contribution in [0.15, 0.2) is 84.9 Å². The molecule has 1 saturated heterocycles. The lowest BCUT2D eigenvalue weighted by Gasteiger charge is -2.38. The molecule has 0 aliphatic carbocycles. The second-order valence-corrected chi connectivity index (χ2v) is 7.51. The summed E-state index contributed by atoms with van der Waals surface area (Å²) < 4.78 is 13.3. The molecule has 0 unspecified atom stereocenters. The van der Waals surface area contributed by atoms with E-state index >= 15 is 0 Å². The maximum absolute atomic E-state index is 13.3. The molecule has 0 aromatic heterocycles. The van der Waals surface area contributed by atoms with Crippen LogP contribution in [0.5, 0.6) is 0 Å². The van der Waals surface area contributed by atoms with Crippen LogP contribution in [0.2, 0.25) is 0 Å². The van der Waals surface area contributed by atoms with Gasteiger partial charge in [0, 0.05) is 36.9 Å². The van der Waals surface area contributed by atoms with Crippen molar-refractivity contribution in [2.45, 2.75) is 25.4 Å². The predicted molar refractivity (Wildman–Crippen MR) is 114 cm³/mol. The maximum atomic E-state index is 13.3. The second-order valence-electron chi connectivity index (χ2n) is 7.51. The van der Waals surface area contributed by atoms with E-state index in [1.807, 2.05) is 41.3 Å². The summed E-state index contributed by atoms with van der Waals surface area (Å²) >= 11 is 0. The van der Waals surface area contributed by atoms with Gasteiger partial charge in [0.05, 0.1) is 0 Å². The number of carbonyl (C=O) groups excluding carboxylic acids is 1. The number of anilines is 1. The number of amides is 1. The highest BCUT2D eigenvalue weighted by Gasteiger charge is 2.29. The lowest BCUT2D eigenvalue weighted by atomic mass is 10.00. The number of rotatable bonds is 5. The van der Waals surface area contributed by atoms with Crippen molar-refractivity contribution < 1.29 is 9.18 Å². The number of benzene rings is 3. The molecule has 1 amide bonds. The average Bonchev–Trinajstić information content (AvgIpc) is 2.77. The average molecular weight is 388 g/mol. The summed E-state index contributed by atoms with van der Waals surface area (Å²) in [5.41, 5.74) is 2.72. The van der Waals surface area contributed by atoms with Crippen molar-refractivity contribution >= 4 is 11.6 Å². The molecule has 4 rings (SSSR count). The Kier molecular flexibility index (Phi) is 6.01. The minimum absolute atomic E-state index is 0.0716. The van der Waals surface area contributed by atoms with Gasteiger partial charge in [-0.2, -0.15) is 0 Å². The van der Waals surface area contributed by atoms with E-state index in [0.29, 0.717) is 5.56 Å². The van der Waals surface area contributed by atoms with Crippen LogP contribution in [-0.2, 0) is 6.54 Å². The Hall–Kier alpha value is -2.98. The Labute approximate surface area is 171 Å². The third-order valence-electron chi connectivity index (χ3n) is 5.52. The summed E-state index contributed by atoms with van der Waals surface area (Å²) in [6.07, 6.45) is 1.82. The lowest BCUT2D eigenvalue weighted by molar-refractivity contribution is 0.0958. The molecule has 0 saturated carbocycles. The highest BCUT2D eigenvalue weighted by Crippen LogP contribution is 2.26. The molecular weight excluding hydrogens is 363 g/mol. The number of para-hydroxylation sites is 1. The number of carbonyl (C=O) groups is 1. The molecule has 0 spiro atoms. The topological polar surface area (TPSA) is 23.6 Å². The summed E-state index contributed by atoms with van der Waals surface area (Å²) in [7, 11) is 0. The molecule has 1 aliphatic rings. The molecule has 1 aliphatic heterocycles. The van der Waals surface area contributed by atoms with E-state index in [0.717, 1.165) is 38.2 Å². The SMILES string of the molecule is O=C(c1ccc(F)cc1)N(c1ccccc1)C1CCN(Cc2ccccc2)CC1. The van der Waals surface area contributed by atoms with Gasteiger partial charge in [-0.15, -0.1) is 0 Å². The van der Waals surface area contributed by atoms with Gasteiger partial charge in [0.15, 0.2) is 0 Å². The van der Waals surface area contributed by atoms with Crippen molar-refractivity contribution in [1.29, 1.82) is 0 Å². The number of piperidine rings is 1. The molecule has 3 aromatic rings. The summed E-state index contributed by atoms with van der Waals surface area (Å²) in [5.74, 6) is -0.403. The number of hydrogen-bond donors (Lipinski definition) is 0. The van der Waals surface area contributed by atoms with Gasteiger partial charge in [0.2, 0.25) is 0 Å². The second kappa shape index (κ2) is 9.01. The highest BCUT2D eigenvalue weighted by molar-refractivity contribution is 6.06. The minimum Gasteiger partial charge on any atom is -0.305 e. The zero-order valence-corrected chi connectivity index (χ0v) is 16.4. The number of nitrogens with zero attached hydrogens (tertiary/aromatic N) is 2. The van der Waals surface area contributed by atoms with Crippen LogP contribution in [0.4, 0.5) is 10.1 Å². The van der Waals surface area contributed by atoms with Crippen molar-refractivity contribution in [3.05, 3.63) is 102 Å². The fraction of sp³-hybridized carbons (Fsp3) is 0.240. The van der Waals surface area contributed by atoms with E-state index < -0.39 is 0 Å². The fourth-order valence-electron chi connectivity index (χ4n) is 3.99. The van der Waals surface area contributed by atoms with Crippen molar-refractivity contribution in [1.82, 2.24) is 4.90 Å². The van der Waals surface area contributed by atoms with Crippen LogP contribution < -0.4 is 4.90 Å². The van der Waals surface area contributed by atoms with Gasteiger partial charge in [-0.1, -0.05) is 48.5 Å². The first-order chi connectivity index (χ1) is 14.2. The molecule has 0 radical (unpaired) electrons. The zero-order chi connectivity index (χ0) is 20.1. The van der Waals surface area contributed by atoms with Crippen LogP contribution >= 0.6 is 0 Å². The maximum Gasteiger partial charge on any atom is 0.258 e. The summed E-state index contributed by atoms with van der Waals surface area (Å²) in [6, 6.07) is 26.2. The Morgan fingerprint density at radius 1 is 0.862 bits per heavy atom.